The Morgan fingerprint density at radius 2 is 2.11 bits per heavy atom. The minimum Gasteiger partial charge on any atom is -0.313 e. The Bertz CT molecular complexity index is 556. The van der Waals surface area contributed by atoms with E-state index in [-0.39, 0.29) is 0 Å². The van der Waals surface area contributed by atoms with Gasteiger partial charge in [-0.3, -0.25) is 4.72 Å². The molecule has 106 valence electrons. The van der Waals surface area contributed by atoms with Crippen LogP contribution in [0.3, 0.4) is 0 Å². The smallest absolute Gasteiger partial charge is 0.236 e. The molecule has 1 fully saturated rings. The van der Waals surface area contributed by atoms with Gasteiger partial charge in [-0.15, -0.1) is 0 Å². The summed E-state index contributed by atoms with van der Waals surface area (Å²) in [5.41, 5.74) is 1.40. The molecular formula is C13H19ClN2O2S. The van der Waals surface area contributed by atoms with Crippen molar-refractivity contribution in [1.29, 1.82) is 0 Å². The molecule has 0 saturated heterocycles. The normalized spacial score (nSPS) is 17.2. The molecule has 0 amide bonds. The van der Waals surface area contributed by atoms with Gasteiger partial charge < -0.3 is 5.32 Å². The molecule has 19 heavy (non-hydrogen) atoms. The number of rotatable bonds is 6. The lowest BCUT2D eigenvalue weighted by Gasteiger charge is -2.16. The number of nitrogens with one attached hydrogen (secondary N) is 2. The molecule has 0 aliphatic heterocycles. The molecule has 1 atom stereocenters. The first-order valence-corrected chi connectivity index (χ1v) is 8.32. The van der Waals surface area contributed by atoms with Gasteiger partial charge in [0.15, 0.2) is 0 Å². The van der Waals surface area contributed by atoms with E-state index < -0.39 is 15.3 Å². The molecule has 2 rings (SSSR count). The second-order valence-electron chi connectivity index (χ2n) is 5.10. The van der Waals surface area contributed by atoms with Crippen LogP contribution in [-0.4, -0.2) is 26.3 Å². The van der Waals surface area contributed by atoms with Gasteiger partial charge in [-0.25, -0.2) is 8.42 Å². The Morgan fingerprint density at radius 1 is 1.42 bits per heavy atom. The minimum atomic E-state index is -3.39. The minimum absolute atomic E-state index is 0.472. The van der Waals surface area contributed by atoms with Crippen LogP contribution >= 0.6 is 11.6 Å². The van der Waals surface area contributed by atoms with E-state index in [9.17, 15) is 8.42 Å². The van der Waals surface area contributed by atoms with Crippen molar-refractivity contribution >= 4 is 27.3 Å². The first-order valence-electron chi connectivity index (χ1n) is 6.39. The van der Waals surface area contributed by atoms with E-state index in [0.29, 0.717) is 23.3 Å². The molecule has 0 aromatic heterocycles. The van der Waals surface area contributed by atoms with Crippen LogP contribution in [-0.2, 0) is 10.0 Å². The van der Waals surface area contributed by atoms with Gasteiger partial charge in [-0.2, -0.15) is 0 Å². The van der Waals surface area contributed by atoms with Crippen molar-refractivity contribution in [1.82, 2.24) is 5.32 Å². The zero-order valence-electron chi connectivity index (χ0n) is 11.1. The summed E-state index contributed by atoms with van der Waals surface area (Å²) in [6, 6.07) is 5.68. The second-order valence-corrected chi connectivity index (χ2v) is 7.63. The van der Waals surface area contributed by atoms with Gasteiger partial charge in [0.2, 0.25) is 10.0 Å². The molecular weight excluding hydrogens is 284 g/mol. The highest BCUT2D eigenvalue weighted by molar-refractivity contribution is 7.93. The van der Waals surface area contributed by atoms with Crippen molar-refractivity contribution in [3.8, 4) is 0 Å². The number of halogens is 1. The lowest BCUT2D eigenvalue weighted by Crippen LogP contribution is -2.35. The molecule has 1 aliphatic rings. The van der Waals surface area contributed by atoms with E-state index in [4.69, 9.17) is 11.6 Å². The van der Waals surface area contributed by atoms with E-state index in [0.717, 1.165) is 18.4 Å². The molecule has 1 aliphatic carbocycles. The highest BCUT2D eigenvalue weighted by Gasteiger charge is 2.26. The average Bonchev–Trinajstić information content (AvgIpc) is 3.14. The number of hydrogen-bond acceptors (Lipinski definition) is 3. The van der Waals surface area contributed by atoms with E-state index in [1.54, 1.807) is 25.1 Å². The van der Waals surface area contributed by atoms with Crippen LogP contribution in [0.2, 0.25) is 5.02 Å². The number of anilines is 1. The van der Waals surface area contributed by atoms with Gasteiger partial charge in [0.05, 0.1) is 10.9 Å². The average molecular weight is 303 g/mol. The van der Waals surface area contributed by atoms with Crippen LogP contribution in [0.1, 0.15) is 25.3 Å². The van der Waals surface area contributed by atoms with Gasteiger partial charge in [0.1, 0.15) is 0 Å². The largest absolute Gasteiger partial charge is 0.313 e. The van der Waals surface area contributed by atoms with Crippen molar-refractivity contribution in [2.75, 3.05) is 11.3 Å². The third kappa shape index (κ3) is 4.09. The molecule has 0 spiro atoms. The summed E-state index contributed by atoms with van der Waals surface area (Å²) in [7, 11) is -3.39. The quantitative estimate of drug-likeness (QED) is 0.849. The summed E-state index contributed by atoms with van der Waals surface area (Å²) in [6.07, 6.45) is 2.29. The third-order valence-electron chi connectivity index (χ3n) is 3.25. The first-order chi connectivity index (χ1) is 8.88. The Morgan fingerprint density at radius 3 is 2.74 bits per heavy atom. The Labute approximate surface area is 119 Å². The third-order valence-corrected chi connectivity index (χ3v) is 5.22. The molecule has 0 radical (unpaired) electrons. The van der Waals surface area contributed by atoms with Crippen LogP contribution in [0, 0.1) is 6.92 Å². The SMILES string of the molecule is Cc1ccc(Cl)cc1NS(=O)(=O)C(C)CNC1CC1. The molecule has 1 saturated carbocycles. The Balaban J connectivity index is 2.04. The van der Waals surface area contributed by atoms with Gasteiger partial charge in [0, 0.05) is 17.6 Å². The summed E-state index contributed by atoms with van der Waals surface area (Å²) >= 11 is 5.89. The van der Waals surface area contributed by atoms with E-state index >= 15 is 0 Å². The van der Waals surface area contributed by atoms with E-state index in [2.05, 4.69) is 10.0 Å². The Hall–Kier alpha value is -0.780. The molecule has 0 bridgehead atoms. The molecule has 1 aromatic carbocycles. The van der Waals surface area contributed by atoms with Gasteiger partial charge in [-0.1, -0.05) is 17.7 Å². The summed E-state index contributed by atoms with van der Waals surface area (Å²) < 4.78 is 27.0. The number of aryl methyl sites for hydroxylation is 1. The number of benzene rings is 1. The van der Waals surface area contributed by atoms with Crippen LogP contribution in [0.5, 0.6) is 0 Å². The summed E-state index contributed by atoms with van der Waals surface area (Å²) in [4.78, 5) is 0. The lowest BCUT2D eigenvalue weighted by atomic mass is 10.2. The predicted octanol–water partition coefficient (Wildman–Crippen LogP) is 2.53. The number of sulfonamides is 1. The maximum atomic E-state index is 12.2. The van der Waals surface area contributed by atoms with Crippen LogP contribution in [0.25, 0.3) is 0 Å². The molecule has 6 heteroatoms. The van der Waals surface area contributed by atoms with Crippen molar-refractivity contribution in [3.05, 3.63) is 28.8 Å². The molecule has 1 unspecified atom stereocenters. The standard InChI is InChI=1S/C13H19ClN2O2S/c1-9-3-4-11(14)7-13(9)16-19(17,18)10(2)8-15-12-5-6-12/h3-4,7,10,12,15-16H,5-6,8H2,1-2H3. The summed E-state index contributed by atoms with van der Waals surface area (Å²) in [5.74, 6) is 0. The second kappa shape index (κ2) is 5.69. The summed E-state index contributed by atoms with van der Waals surface area (Å²) in [5, 5.41) is 3.27. The highest BCUT2D eigenvalue weighted by atomic mass is 35.5. The molecule has 4 nitrogen and oxygen atoms in total. The monoisotopic (exact) mass is 302 g/mol. The van der Waals surface area contributed by atoms with Gasteiger partial charge >= 0.3 is 0 Å². The van der Waals surface area contributed by atoms with Gasteiger partial charge in [-0.05, 0) is 44.4 Å². The fraction of sp³-hybridized carbons (Fsp3) is 0.538. The van der Waals surface area contributed by atoms with Crippen molar-refractivity contribution in [2.24, 2.45) is 0 Å². The van der Waals surface area contributed by atoms with E-state index in [1.165, 1.54) is 0 Å². The maximum absolute atomic E-state index is 12.2. The lowest BCUT2D eigenvalue weighted by molar-refractivity contribution is 0.576. The predicted molar refractivity (Wildman–Crippen MR) is 79.2 cm³/mol. The number of hydrogen-bond donors (Lipinski definition) is 2. The maximum Gasteiger partial charge on any atom is 0.236 e. The van der Waals surface area contributed by atoms with Crippen molar-refractivity contribution < 1.29 is 8.42 Å². The van der Waals surface area contributed by atoms with Crippen LogP contribution < -0.4 is 10.0 Å². The fourth-order valence-corrected chi connectivity index (χ4v) is 2.90. The summed E-state index contributed by atoms with van der Waals surface area (Å²) in [6.45, 7) is 4.03. The van der Waals surface area contributed by atoms with E-state index in [1.807, 2.05) is 6.92 Å². The van der Waals surface area contributed by atoms with Crippen molar-refractivity contribution in [3.63, 3.8) is 0 Å². The highest BCUT2D eigenvalue weighted by Crippen LogP contribution is 2.23. The first kappa shape index (κ1) is 14.6. The molecule has 0 heterocycles. The topological polar surface area (TPSA) is 58.2 Å². The zero-order chi connectivity index (χ0) is 14.0. The van der Waals surface area contributed by atoms with Crippen LogP contribution in [0.15, 0.2) is 18.2 Å². The van der Waals surface area contributed by atoms with Gasteiger partial charge in [0.25, 0.3) is 0 Å². The molecule has 2 N–H and O–H groups in total. The molecule has 1 aromatic rings. The zero-order valence-corrected chi connectivity index (χ0v) is 12.7. The van der Waals surface area contributed by atoms with Crippen molar-refractivity contribution in [2.45, 2.75) is 38.0 Å². The fourth-order valence-electron chi connectivity index (χ4n) is 1.69. The Kier molecular flexibility index (Phi) is 4.38. The van der Waals surface area contributed by atoms with Crippen LogP contribution in [0.4, 0.5) is 5.69 Å².